The van der Waals surface area contributed by atoms with Crippen LogP contribution in [0.1, 0.15) is 12.8 Å². The standard InChI is InChI=1S/C13H22N4O2S/c1-19-7-4-14-12(18)16-9-11-3-2-6-17(10-11)13-15-5-8-20-13/h5,8,11H,2-4,6-7,9-10H2,1H3,(H2,14,16,18). The average Bonchev–Trinajstić information content (AvgIpc) is 3.00. The molecule has 2 heterocycles. The molecule has 0 aliphatic carbocycles. The van der Waals surface area contributed by atoms with Gasteiger partial charge in [0, 0.05) is 44.9 Å². The fraction of sp³-hybridized carbons (Fsp3) is 0.692. The van der Waals surface area contributed by atoms with Crippen molar-refractivity contribution in [2.75, 3.05) is 44.8 Å². The van der Waals surface area contributed by atoms with Crippen LogP contribution < -0.4 is 15.5 Å². The smallest absolute Gasteiger partial charge is 0.314 e. The Hall–Kier alpha value is -1.34. The lowest BCUT2D eigenvalue weighted by molar-refractivity contribution is 0.195. The van der Waals surface area contributed by atoms with E-state index in [0.29, 0.717) is 25.6 Å². The largest absolute Gasteiger partial charge is 0.383 e. The Balaban J connectivity index is 1.69. The van der Waals surface area contributed by atoms with Gasteiger partial charge in [0.25, 0.3) is 0 Å². The van der Waals surface area contributed by atoms with E-state index in [-0.39, 0.29) is 6.03 Å². The molecule has 2 N–H and O–H groups in total. The number of carbonyl (C=O) groups is 1. The van der Waals surface area contributed by atoms with Gasteiger partial charge >= 0.3 is 6.03 Å². The molecule has 0 aromatic carbocycles. The van der Waals surface area contributed by atoms with E-state index in [1.54, 1.807) is 18.4 Å². The second-order valence-corrected chi connectivity index (χ2v) is 5.77. The van der Waals surface area contributed by atoms with Crippen LogP contribution in [0.2, 0.25) is 0 Å². The van der Waals surface area contributed by atoms with Crippen LogP contribution >= 0.6 is 11.3 Å². The number of amides is 2. The topological polar surface area (TPSA) is 66.5 Å². The van der Waals surface area contributed by atoms with Crippen LogP contribution in [0.4, 0.5) is 9.93 Å². The molecule has 0 radical (unpaired) electrons. The molecular weight excluding hydrogens is 276 g/mol. The third-order valence-corrected chi connectivity index (χ3v) is 4.18. The lowest BCUT2D eigenvalue weighted by atomic mass is 9.98. The van der Waals surface area contributed by atoms with Crippen molar-refractivity contribution in [1.82, 2.24) is 15.6 Å². The monoisotopic (exact) mass is 298 g/mol. The first kappa shape index (κ1) is 15.1. The molecule has 0 spiro atoms. The lowest BCUT2D eigenvalue weighted by Gasteiger charge is -2.32. The molecule has 1 fully saturated rings. The molecule has 1 atom stereocenters. The predicted molar refractivity (Wildman–Crippen MR) is 80.3 cm³/mol. The van der Waals surface area contributed by atoms with Gasteiger partial charge in [-0.3, -0.25) is 0 Å². The van der Waals surface area contributed by atoms with Gasteiger partial charge in [-0.05, 0) is 18.8 Å². The van der Waals surface area contributed by atoms with Crippen molar-refractivity contribution < 1.29 is 9.53 Å². The predicted octanol–water partition coefficient (Wildman–Crippen LogP) is 1.31. The van der Waals surface area contributed by atoms with E-state index < -0.39 is 0 Å². The van der Waals surface area contributed by atoms with Crippen molar-refractivity contribution in [3.63, 3.8) is 0 Å². The van der Waals surface area contributed by atoms with E-state index in [1.807, 2.05) is 11.6 Å². The molecule has 1 aliphatic heterocycles. The summed E-state index contributed by atoms with van der Waals surface area (Å²) in [5.74, 6) is 0.487. The first-order valence-corrected chi connectivity index (χ1v) is 7.82. The number of aromatic nitrogens is 1. The summed E-state index contributed by atoms with van der Waals surface area (Å²) >= 11 is 1.67. The summed E-state index contributed by atoms with van der Waals surface area (Å²) in [4.78, 5) is 18.2. The molecule has 1 aliphatic rings. The number of rotatable bonds is 6. The van der Waals surface area contributed by atoms with Crippen molar-refractivity contribution in [3.05, 3.63) is 11.6 Å². The number of hydrogen-bond donors (Lipinski definition) is 2. The third-order valence-electron chi connectivity index (χ3n) is 3.35. The molecule has 7 heteroatoms. The number of carbonyl (C=O) groups excluding carboxylic acids is 1. The molecular formula is C13H22N4O2S. The number of thiazole rings is 1. The Morgan fingerprint density at radius 2 is 2.50 bits per heavy atom. The molecule has 2 rings (SSSR count). The first-order valence-electron chi connectivity index (χ1n) is 6.94. The van der Waals surface area contributed by atoms with Crippen molar-refractivity contribution in [1.29, 1.82) is 0 Å². The third kappa shape index (κ3) is 4.64. The zero-order valence-electron chi connectivity index (χ0n) is 11.8. The summed E-state index contributed by atoms with van der Waals surface area (Å²) in [6.07, 6.45) is 4.14. The zero-order chi connectivity index (χ0) is 14.2. The summed E-state index contributed by atoms with van der Waals surface area (Å²) in [6.45, 7) is 3.81. The van der Waals surface area contributed by atoms with E-state index in [4.69, 9.17) is 4.74 Å². The second-order valence-electron chi connectivity index (χ2n) is 4.90. The summed E-state index contributed by atoms with van der Waals surface area (Å²) in [6, 6.07) is -0.117. The second kappa shape index (κ2) is 8.06. The number of piperidine rings is 1. The van der Waals surface area contributed by atoms with E-state index in [2.05, 4.69) is 20.5 Å². The molecule has 1 saturated heterocycles. The van der Waals surface area contributed by atoms with Crippen LogP contribution in [0.5, 0.6) is 0 Å². The fourth-order valence-electron chi connectivity index (χ4n) is 2.34. The van der Waals surface area contributed by atoms with E-state index >= 15 is 0 Å². The van der Waals surface area contributed by atoms with Crippen LogP contribution in [0.3, 0.4) is 0 Å². The molecule has 112 valence electrons. The minimum atomic E-state index is -0.117. The highest BCUT2D eigenvalue weighted by molar-refractivity contribution is 7.13. The highest BCUT2D eigenvalue weighted by Gasteiger charge is 2.21. The number of nitrogens with one attached hydrogen (secondary N) is 2. The molecule has 2 amide bonds. The van der Waals surface area contributed by atoms with Crippen molar-refractivity contribution >= 4 is 22.5 Å². The Bertz CT molecular complexity index is 399. The van der Waals surface area contributed by atoms with Crippen molar-refractivity contribution in [2.24, 2.45) is 5.92 Å². The van der Waals surface area contributed by atoms with Gasteiger partial charge < -0.3 is 20.3 Å². The molecule has 1 aromatic rings. The summed E-state index contributed by atoms with van der Waals surface area (Å²) in [5, 5.41) is 8.77. The Labute approximate surface area is 123 Å². The Morgan fingerprint density at radius 3 is 3.25 bits per heavy atom. The molecule has 1 aromatic heterocycles. The molecule has 0 bridgehead atoms. The van der Waals surface area contributed by atoms with Crippen molar-refractivity contribution in [2.45, 2.75) is 12.8 Å². The summed E-state index contributed by atoms with van der Waals surface area (Å²) in [5.41, 5.74) is 0. The number of hydrogen-bond acceptors (Lipinski definition) is 5. The molecule has 6 nitrogen and oxygen atoms in total. The van der Waals surface area contributed by atoms with Crippen LogP contribution in [-0.2, 0) is 4.74 Å². The van der Waals surface area contributed by atoms with Crippen LogP contribution in [0.25, 0.3) is 0 Å². The number of methoxy groups -OCH3 is 1. The molecule has 20 heavy (non-hydrogen) atoms. The Morgan fingerprint density at radius 1 is 1.60 bits per heavy atom. The quantitative estimate of drug-likeness (QED) is 0.777. The van der Waals surface area contributed by atoms with Gasteiger partial charge in [0.05, 0.1) is 6.61 Å². The van der Waals surface area contributed by atoms with Crippen LogP contribution in [0.15, 0.2) is 11.6 Å². The van der Waals surface area contributed by atoms with Gasteiger partial charge in [-0.2, -0.15) is 0 Å². The lowest BCUT2D eigenvalue weighted by Crippen LogP contribution is -2.44. The highest BCUT2D eigenvalue weighted by atomic mass is 32.1. The van der Waals surface area contributed by atoms with E-state index in [0.717, 1.165) is 31.1 Å². The maximum Gasteiger partial charge on any atom is 0.314 e. The molecule has 1 unspecified atom stereocenters. The highest BCUT2D eigenvalue weighted by Crippen LogP contribution is 2.24. The number of anilines is 1. The van der Waals surface area contributed by atoms with Gasteiger partial charge in [-0.1, -0.05) is 0 Å². The fourth-order valence-corrected chi connectivity index (χ4v) is 3.02. The molecule has 0 saturated carbocycles. The van der Waals surface area contributed by atoms with Gasteiger partial charge in [-0.25, -0.2) is 9.78 Å². The SMILES string of the molecule is COCCNC(=O)NCC1CCCN(c2nccs2)C1. The van der Waals surface area contributed by atoms with Gasteiger partial charge in [0.1, 0.15) is 0 Å². The van der Waals surface area contributed by atoms with Gasteiger partial charge in [0.15, 0.2) is 5.13 Å². The first-order chi connectivity index (χ1) is 9.79. The number of urea groups is 1. The van der Waals surface area contributed by atoms with Crippen LogP contribution in [0, 0.1) is 5.92 Å². The minimum absolute atomic E-state index is 0.117. The van der Waals surface area contributed by atoms with Crippen LogP contribution in [-0.4, -0.2) is 50.9 Å². The number of nitrogens with zero attached hydrogens (tertiary/aromatic N) is 2. The van der Waals surface area contributed by atoms with E-state index in [1.165, 1.54) is 0 Å². The normalized spacial score (nSPS) is 18.9. The minimum Gasteiger partial charge on any atom is -0.383 e. The van der Waals surface area contributed by atoms with Gasteiger partial charge in [-0.15, -0.1) is 11.3 Å². The van der Waals surface area contributed by atoms with E-state index in [9.17, 15) is 4.79 Å². The number of ether oxygens (including phenoxy) is 1. The average molecular weight is 298 g/mol. The Kier molecular flexibility index (Phi) is 6.07. The van der Waals surface area contributed by atoms with Gasteiger partial charge in [0.2, 0.25) is 0 Å². The van der Waals surface area contributed by atoms with Crippen molar-refractivity contribution in [3.8, 4) is 0 Å². The maximum absolute atomic E-state index is 11.6. The zero-order valence-corrected chi connectivity index (χ0v) is 12.6. The summed E-state index contributed by atoms with van der Waals surface area (Å²) in [7, 11) is 1.62. The summed E-state index contributed by atoms with van der Waals surface area (Å²) < 4.78 is 4.89. The maximum atomic E-state index is 11.6.